The third kappa shape index (κ3) is 5.44. The lowest BCUT2D eigenvalue weighted by atomic mass is 10.0. The van der Waals surface area contributed by atoms with Gasteiger partial charge in [-0.1, -0.05) is 30.3 Å². The van der Waals surface area contributed by atoms with Crippen LogP contribution in [0.1, 0.15) is 30.0 Å². The van der Waals surface area contributed by atoms with Crippen molar-refractivity contribution in [2.75, 3.05) is 32.1 Å². The van der Waals surface area contributed by atoms with Crippen LogP contribution in [-0.2, 0) is 6.54 Å². The van der Waals surface area contributed by atoms with E-state index in [-0.39, 0.29) is 12.1 Å². The summed E-state index contributed by atoms with van der Waals surface area (Å²) in [6.45, 7) is 3.28. The third-order valence-corrected chi connectivity index (χ3v) is 5.65. The highest BCUT2D eigenvalue weighted by molar-refractivity contribution is 5.89. The third-order valence-electron chi connectivity index (χ3n) is 5.65. The Morgan fingerprint density at radius 2 is 1.87 bits per heavy atom. The average Bonchev–Trinajstić information content (AvgIpc) is 3.50. The maximum Gasteiger partial charge on any atom is 0.319 e. The van der Waals surface area contributed by atoms with Gasteiger partial charge in [-0.05, 0) is 55.8 Å². The van der Waals surface area contributed by atoms with E-state index in [9.17, 15) is 4.79 Å². The molecule has 1 saturated heterocycles. The topological polar surface area (TPSA) is 71.4 Å². The zero-order chi connectivity index (χ0) is 21.5. The highest BCUT2D eigenvalue weighted by Gasteiger charge is 2.26. The summed E-state index contributed by atoms with van der Waals surface area (Å²) in [7, 11) is 1.69. The highest BCUT2D eigenvalue weighted by atomic mass is 16.5. The number of carbonyl (C=O) groups excluding carboxylic acids is 1. The van der Waals surface area contributed by atoms with E-state index in [1.54, 1.807) is 13.3 Å². The molecule has 1 aliphatic rings. The maximum absolute atomic E-state index is 12.6. The number of carbonyl (C=O) groups is 1. The Bertz CT molecular complexity index is 966. The minimum absolute atomic E-state index is 0.0841. The minimum atomic E-state index is -0.209. The molecule has 0 radical (unpaired) electrons. The molecular formula is C24H29N5O2. The van der Waals surface area contributed by atoms with Gasteiger partial charge in [0.25, 0.3) is 0 Å². The molecule has 31 heavy (non-hydrogen) atoms. The van der Waals surface area contributed by atoms with Gasteiger partial charge in [-0.15, -0.1) is 0 Å². The maximum atomic E-state index is 12.6. The first-order valence-electron chi connectivity index (χ1n) is 10.7. The quantitative estimate of drug-likeness (QED) is 0.581. The Labute approximate surface area is 183 Å². The summed E-state index contributed by atoms with van der Waals surface area (Å²) in [6.07, 6.45) is 6.06. The van der Waals surface area contributed by atoms with Gasteiger partial charge in [-0.3, -0.25) is 9.58 Å². The highest BCUT2D eigenvalue weighted by Crippen LogP contribution is 2.31. The summed E-state index contributed by atoms with van der Waals surface area (Å²) < 4.78 is 7.44. The number of aromatic nitrogens is 2. The standard InChI is InChI=1S/C24H29N5O2/c1-31-23-8-3-2-7-21(23)22(28-14-4-5-15-28)17-25-24(30)27-20-11-9-19(10-12-20)18-29-16-6-13-26-29/h2-3,6-13,16,22H,4-5,14-15,17-18H2,1H3,(H2,25,27,30). The largest absolute Gasteiger partial charge is 0.496 e. The molecule has 0 saturated carbocycles. The van der Waals surface area contributed by atoms with Gasteiger partial charge in [0.1, 0.15) is 5.75 Å². The fourth-order valence-corrected chi connectivity index (χ4v) is 4.07. The number of urea groups is 1. The Morgan fingerprint density at radius 1 is 1.10 bits per heavy atom. The molecule has 1 atom stereocenters. The van der Waals surface area contributed by atoms with E-state index in [2.05, 4.69) is 26.7 Å². The molecule has 1 aliphatic heterocycles. The van der Waals surface area contributed by atoms with E-state index in [1.807, 2.05) is 59.4 Å². The zero-order valence-corrected chi connectivity index (χ0v) is 17.8. The average molecular weight is 420 g/mol. The number of nitrogens with zero attached hydrogens (tertiary/aromatic N) is 3. The lowest BCUT2D eigenvalue weighted by molar-refractivity contribution is 0.224. The van der Waals surface area contributed by atoms with Gasteiger partial charge >= 0.3 is 6.03 Å². The van der Waals surface area contributed by atoms with Gasteiger partial charge in [-0.25, -0.2) is 4.79 Å². The fraction of sp³-hybridized carbons (Fsp3) is 0.333. The molecule has 0 spiro atoms. The number of hydrogen-bond donors (Lipinski definition) is 2. The van der Waals surface area contributed by atoms with Gasteiger partial charge < -0.3 is 15.4 Å². The van der Waals surface area contributed by atoms with Crippen molar-refractivity contribution in [2.45, 2.75) is 25.4 Å². The number of anilines is 1. The van der Waals surface area contributed by atoms with Crippen molar-refractivity contribution in [1.82, 2.24) is 20.0 Å². The van der Waals surface area contributed by atoms with E-state index in [1.165, 1.54) is 12.8 Å². The van der Waals surface area contributed by atoms with Crippen LogP contribution in [0.15, 0.2) is 67.0 Å². The lowest BCUT2D eigenvalue weighted by Gasteiger charge is -2.29. The number of likely N-dealkylation sites (tertiary alicyclic amines) is 1. The number of methoxy groups -OCH3 is 1. The summed E-state index contributed by atoms with van der Waals surface area (Å²) in [6, 6.07) is 17.7. The molecule has 3 aromatic rings. The van der Waals surface area contributed by atoms with Gasteiger partial charge in [-0.2, -0.15) is 5.10 Å². The summed E-state index contributed by atoms with van der Waals surface area (Å²) in [5.74, 6) is 0.856. The van der Waals surface area contributed by atoms with Crippen LogP contribution in [0.25, 0.3) is 0 Å². The van der Waals surface area contributed by atoms with Crippen molar-refractivity contribution in [3.8, 4) is 5.75 Å². The van der Waals surface area contributed by atoms with Crippen LogP contribution in [0, 0.1) is 0 Å². The van der Waals surface area contributed by atoms with E-state index in [4.69, 9.17) is 4.74 Å². The fourth-order valence-electron chi connectivity index (χ4n) is 4.07. The molecule has 4 rings (SSSR count). The van der Waals surface area contributed by atoms with Gasteiger partial charge in [0, 0.05) is 30.2 Å². The SMILES string of the molecule is COc1ccccc1C(CNC(=O)Nc1ccc(Cn2cccn2)cc1)N1CCCC1. The summed E-state index contributed by atoms with van der Waals surface area (Å²) in [5.41, 5.74) is 2.99. The molecule has 162 valence electrons. The molecule has 0 aliphatic carbocycles. The molecule has 0 bridgehead atoms. The summed E-state index contributed by atoms with van der Waals surface area (Å²) in [4.78, 5) is 15.0. The first kappa shape index (κ1) is 20.9. The predicted octanol–water partition coefficient (Wildman–Crippen LogP) is 3.90. The van der Waals surface area contributed by atoms with Crippen LogP contribution in [0.5, 0.6) is 5.75 Å². The monoisotopic (exact) mass is 419 g/mol. The van der Waals surface area contributed by atoms with Crippen LogP contribution in [0.3, 0.4) is 0 Å². The molecule has 1 aromatic heterocycles. The lowest BCUT2D eigenvalue weighted by Crippen LogP contribution is -2.38. The molecule has 2 heterocycles. The molecule has 7 heteroatoms. The van der Waals surface area contributed by atoms with E-state index < -0.39 is 0 Å². The molecule has 2 amide bonds. The van der Waals surface area contributed by atoms with Crippen molar-refractivity contribution in [3.63, 3.8) is 0 Å². The smallest absolute Gasteiger partial charge is 0.319 e. The number of amides is 2. The number of ether oxygens (including phenoxy) is 1. The van der Waals surface area contributed by atoms with Crippen LogP contribution >= 0.6 is 0 Å². The van der Waals surface area contributed by atoms with Crippen LogP contribution in [-0.4, -0.2) is 47.5 Å². The van der Waals surface area contributed by atoms with Crippen LogP contribution in [0.2, 0.25) is 0 Å². The molecule has 7 nitrogen and oxygen atoms in total. The second kappa shape index (κ2) is 10.1. The summed E-state index contributed by atoms with van der Waals surface area (Å²) in [5, 5.41) is 10.2. The number of rotatable bonds is 8. The second-order valence-electron chi connectivity index (χ2n) is 7.74. The van der Waals surface area contributed by atoms with Gasteiger partial charge in [0.15, 0.2) is 0 Å². The van der Waals surface area contributed by atoms with Crippen molar-refractivity contribution < 1.29 is 9.53 Å². The molecule has 2 aromatic carbocycles. The first-order valence-corrected chi connectivity index (χ1v) is 10.7. The Kier molecular flexibility index (Phi) is 6.84. The summed E-state index contributed by atoms with van der Waals surface area (Å²) >= 11 is 0. The number of hydrogen-bond acceptors (Lipinski definition) is 4. The van der Waals surface area contributed by atoms with Crippen LogP contribution < -0.4 is 15.4 Å². The minimum Gasteiger partial charge on any atom is -0.496 e. The zero-order valence-electron chi connectivity index (χ0n) is 17.8. The van der Waals surface area contributed by atoms with Crippen LogP contribution in [0.4, 0.5) is 10.5 Å². The van der Waals surface area contributed by atoms with Crippen molar-refractivity contribution in [3.05, 3.63) is 78.1 Å². The van der Waals surface area contributed by atoms with Gasteiger partial charge in [0.2, 0.25) is 0 Å². The number of para-hydroxylation sites is 1. The van der Waals surface area contributed by atoms with Crippen molar-refractivity contribution in [1.29, 1.82) is 0 Å². The Morgan fingerprint density at radius 3 is 2.58 bits per heavy atom. The van der Waals surface area contributed by atoms with Crippen molar-refractivity contribution in [2.24, 2.45) is 0 Å². The molecule has 1 fully saturated rings. The van der Waals surface area contributed by atoms with E-state index in [0.717, 1.165) is 35.7 Å². The van der Waals surface area contributed by atoms with Gasteiger partial charge in [0.05, 0.1) is 19.7 Å². The number of nitrogens with one attached hydrogen (secondary N) is 2. The predicted molar refractivity (Wildman–Crippen MR) is 121 cm³/mol. The second-order valence-corrected chi connectivity index (χ2v) is 7.74. The number of benzene rings is 2. The normalized spacial score (nSPS) is 14.9. The van der Waals surface area contributed by atoms with Crippen molar-refractivity contribution >= 4 is 11.7 Å². The Hall–Kier alpha value is -3.32. The molecule has 2 N–H and O–H groups in total. The van der Waals surface area contributed by atoms with E-state index >= 15 is 0 Å². The molecule has 1 unspecified atom stereocenters. The molecular weight excluding hydrogens is 390 g/mol. The van der Waals surface area contributed by atoms with E-state index in [0.29, 0.717) is 13.1 Å². The Balaban J connectivity index is 1.36. The first-order chi connectivity index (χ1) is 15.2.